The second kappa shape index (κ2) is 37.6. The highest BCUT2D eigenvalue weighted by Gasteiger charge is 2.35. The molecule has 0 saturated carbocycles. The molecule has 0 aliphatic carbocycles. The van der Waals surface area contributed by atoms with E-state index >= 15 is 0 Å². The topological polar surface area (TPSA) is 448 Å². The molecule has 0 radical (unpaired) electrons. The number of aliphatic imine (C=N–C) groups is 1. The summed E-state index contributed by atoms with van der Waals surface area (Å²) in [5, 5.41) is 32.0. The maximum absolute atomic E-state index is 14.3. The molecule has 1 saturated heterocycles. The molecule has 1 rings (SSSR count). The molecule has 25 heteroatoms. The van der Waals surface area contributed by atoms with Crippen LogP contribution in [0.2, 0.25) is 0 Å². The number of carboxylic acid groups (broad SMARTS) is 1. The van der Waals surface area contributed by atoms with E-state index in [1.165, 1.54) is 0 Å². The number of nitrogens with one attached hydrogen (secondary N) is 8. The highest BCUT2D eigenvalue weighted by Crippen LogP contribution is 2.13. The molecular weight excluding hydrogens is 921 g/mol. The van der Waals surface area contributed by atoms with Gasteiger partial charge < -0.3 is 87.8 Å². The molecule has 1 fully saturated rings. The number of nitrogens with two attached hydrogens (primary N) is 7. The molecule has 1 aliphatic rings. The van der Waals surface area contributed by atoms with E-state index < -0.39 is 95.7 Å². The lowest BCUT2D eigenvalue weighted by molar-refractivity contribution is -0.143. The fourth-order valence-corrected chi connectivity index (χ4v) is 7.89. The first-order valence-corrected chi connectivity index (χ1v) is 25.6. The Balaban J connectivity index is 3.50. The third kappa shape index (κ3) is 26.7. The van der Waals surface area contributed by atoms with Crippen LogP contribution < -0.4 is 82.7 Å². The molecule has 23 N–H and O–H groups in total. The molecule has 0 aromatic rings. The zero-order valence-corrected chi connectivity index (χ0v) is 42.3. The van der Waals surface area contributed by atoms with Crippen LogP contribution in [0.5, 0.6) is 0 Å². The molecule has 25 nitrogen and oxygen atoms in total. The van der Waals surface area contributed by atoms with Crippen LogP contribution in [0.25, 0.3) is 0 Å². The van der Waals surface area contributed by atoms with Crippen molar-refractivity contribution in [2.24, 2.45) is 51.0 Å². The number of unbranched alkanes of at least 4 members (excludes halogenated alkanes) is 5. The molecule has 0 unspecified atom stereocenters. The SMILES string of the molecule is CC(C)[C@H](NC(=O)[C@H](CCCCN)NC(=O)[C@H](CCCN=C(N)N)NC(=O)[C@H](CCCCN)NC(=O)[C@H](CCCCN)NC(=O)[C@H](CCCCN)NC(=O)[C@@H]1CCCN1)C(=O)N[C@@H](CCCCN)C(=O)O. The van der Waals surface area contributed by atoms with Gasteiger partial charge in [0, 0.05) is 6.54 Å². The predicted molar refractivity (Wildman–Crippen MR) is 271 cm³/mol. The lowest BCUT2D eigenvalue weighted by atomic mass is 10.0. The van der Waals surface area contributed by atoms with Crippen LogP contribution in [-0.4, -0.2) is 153 Å². The minimum Gasteiger partial charge on any atom is -0.480 e. The minimum atomic E-state index is -1.29. The lowest BCUT2D eigenvalue weighted by Crippen LogP contribution is -2.60. The summed E-state index contributed by atoms with van der Waals surface area (Å²) in [6.07, 6.45) is 7.35. The molecule has 1 heterocycles. The number of aliphatic carboxylic acids is 1. The summed E-state index contributed by atoms with van der Waals surface area (Å²) in [4.78, 5) is 113. The third-order valence-corrected chi connectivity index (χ3v) is 12.1. The van der Waals surface area contributed by atoms with Crippen molar-refractivity contribution in [2.45, 2.75) is 184 Å². The summed E-state index contributed by atoms with van der Waals surface area (Å²) < 4.78 is 0. The monoisotopic (exact) mass is 1010 g/mol. The van der Waals surface area contributed by atoms with Gasteiger partial charge in [-0.2, -0.15) is 0 Å². The van der Waals surface area contributed by atoms with Gasteiger partial charge >= 0.3 is 5.97 Å². The molecule has 1 aliphatic heterocycles. The van der Waals surface area contributed by atoms with Crippen LogP contribution in [0.15, 0.2) is 4.99 Å². The standard InChI is InChI=1S/C46H90N16O9/c1-29(2)37(44(69)61-36(45(70)71)19-7-12-26-51)62-43(68)34(18-6-11-25-50)59-42(67)35(21-14-28-55-46(52)53)60-41(66)33(17-5-10-24-49)58-40(65)32(16-4-9-23-48)57-39(64)31(15-3-8-22-47)56-38(63)30-20-13-27-54-30/h29-37,54H,3-28,47-51H2,1-2H3,(H,56,63)(H,57,64)(H,58,65)(H,59,67)(H,60,66)(H,61,69)(H,62,68)(H,70,71)(H4,52,53,55)/t30-,31-,32-,33-,34-,35-,36-,37-/m0/s1. The lowest BCUT2D eigenvalue weighted by Gasteiger charge is -2.29. The van der Waals surface area contributed by atoms with Crippen molar-refractivity contribution in [3.63, 3.8) is 0 Å². The van der Waals surface area contributed by atoms with Crippen molar-refractivity contribution in [1.82, 2.24) is 42.5 Å². The Morgan fingerprint density at radius 2 is 0.831 bits per heavy atom. The van der Waals surface area contributed by atoms with Crippen molar-refractivity contribution in [3.05, 3.63) is 0 Å². The van der Waals surface area contributed by atoms with E-state index in [-0.39, 0.29) is 63.4 Å². The molecule has 0 spiro atoms. The van der Waals surface area contributed by atoms with E-state index in [4.69, 9.17) is 40.1 Å². The average molecular weight is 1010 g/mol. The summed E-state index contributed by atoms with van der Waals surface area (Å²) >= 11 is 0. The first-order chi connectivity index (χ1) is 33.9. The number of nitrogens with zero attached hydrogens (tertiary/aromatic N) is 1. The Hall–Kier alpha value is -5.21. The molecular formula is C46H90N16O9. The van der Waals surface area contributed by atoms with Gasteiger partial charge in [0.15, 0.2) is 5.96 Å². The number of amides is 7. The fraction of sp³-hybridized carbons (Fsp3) is 0.804. The Morgan fingerprint density at radius 1 is 0.493 bits per heavy atom. The van der Waals surface area contributed by atoms with Crippen molar-refractivity contribution >= 4 is 53.3 Å². The minimum absolute atomic E-state index is 0.0157. The second-order valence-electron chi connectivity index (χ2n) is 18.5. The first-order valence-electron chi connectivity index (χ1n) is 25.6. The zero-order valence-electron chi connectivity index (χ0n) is 42.3. The van der Waals surface area contributed by atoms with E-state index in [0.717, 1.165) is 6.42 Å². The predicted octanol–water partition coefficient (Wildman–Crippen LogP) is -3.43. The van der Waals surface area contributed by atoms with Crippen LogP contribution in [0, 0.1) is 5.92 Å². The normalized spacial score (nSPS) is 16.3. The summed E-state index contributed by atoms with van der Waals surface area (Å²) in [5.41, 5.74) is 39.7. The van der Waals surface area contributed by atoms with Crippen molar-refractivity contribution in [3.8, 4) is 0 Å². The quantitative estimate of drug-likeness (QED) is 0.0161. The Labute approximate surface area is 419 Å². The highest BCUT2D eigenvalue weighted by atomic mass is 16.4. The van der Waals surface area contributed by atoms with Gasteiger partial charge in [-0.1, -0.05) is 13.8 Å². The van der Waals surface area contributed by atoms with Crippen molar-refractivity contribution < 1.29 is 43.5 Å². The van der Waals surface area contributed by atoms with Gasteiger partial charge in [-0.25, -0.2) is 4.79 Å². The van der Waals surface area contributed by atoms with Gasteiger partial charge in [-0.05, 0) is 167 Å². The van der Waals surface area contributed by atoms with E-state index in [1.807, 2.05) is 0 Å². The van der Waals surface area contributed by atoms with Gasteiger partial charge in [0.2, 0.25) is 41.4 Å². The number of hydrogen-bond acceptors (Lipinski definition) is 15. The van der Waals surface area contributed by atoms with Crippen LogP contribution in [0.3, 0.4) is 0 Å². The number of carboxylic acids is 1. The summed E-state index contributed by atoms with van der Waals surface area (Å²) in [5.74, 6) is -6.44. The zero-order chi connectivity index (χ0) is 53.1. The largest absolute Gasteiger partial charge is 0.480 e. The highest BCUT2D eigenvalue weighted by molar-refractivity contribution is 5.97. The van der Waals surface area contributed by atoms with Gasteiger partial charge in [0.25, 0.3) is 0 Å². The third-order valence-electron chi connectivity index (χ3n) is 12.1. The van der Waals surface area contributed by atoms with E-state index in [1.54, 1.807) is 13.8 Å². The molecule has 0 bridgehead atoms. The van der Waals surface area contributed by atoms with Crippen LogP contribution in [0.1, 0.15) is 136 Å². The van der Waals surface area contributed by atoms with Gasteiger partial charge in [0.1, 0.15) is 42.3 Å². The molecule has 71 heavy (non-hydrogen) atoms. The van der Waals surface area contributed by atoms with Crippen LogP contribution >= 0.6 is 0 Å². The number of guanidine groups is 1. The smallest absolute Gasteiger partial charge is 0.326 e. The second-order valence-corrected chi connectivity index (χ2v) is 18.5. The fourth-order valence-electron chi connectivity index (χ4n) is 7.89. The Kier molecular flexibility index (Phi) is 33.7. The number of rotatable bonds is 40. The summed E-state index contributed by atoms with van der Waals surface area (Å²) in [6.45, 7) is 5.78. The van der Waals surface area contributed by atoms with E-state index in [2.05, 4.69) is 47.5 Å². The molecule has 0 aromatic heterocycles. The van der Waals surface area contributed by atoms with E-state index in [0.29, 0.717) is 110 Å². The summed E-state index contributed by atoms with van der Waals surface area (Å²) in [7, 11) is 0. The average Bonchev–Trinajstić information content (AvgIpc) is 3.88. The maximum atomic E-state index is 14.3. The van der Waals surface area contributed by atoms with E-state index in [9.17, 15) is 43.5 Å². The first kappa shape index (κ1) is 63.8. The number of carbonyl (C=O) groups excluding carboxylic acids is 7. The molecule has 7 amide bonds. The number of carbonyl (C=O) groups is 8. The summed E-state index contributed by atoms with van der Waals surface area (Å²) in [6, 6.07) is -8.68. The molecule has 408 valence electrons. The van der Waals surface area contributed by atoms with Crippen molar-refractivity contribution in [2.75, 3.05) is 45.8 Å². The van der Waals surface area contributed by atoms with Gasteiger partial charge in [0.05, 0.1) is 6.04 Å². The number of hydrogen-bond donors (Lipinski definition) is 16. The van der Waals surface area contributed by atoms with Gasteiger partial charge in [-0.15, -0.1) is 0 Å². The Bertz CT molecular complexity index is 1650. The maximum Gasteiger partial charge on any atom is 0.326 e. The molecule has 8 atom stereocenters. The van der Waals surface area contributed by atoms with Crippen LogP contribution in [0.4, 0.5) is 0 Å². The van der Waals surface area contributed by atoms with Crippen LogP contribution in [-0.2, 0) is 38.4 Å². The molecule has 0 aromatic carbocycles. The van der Waals surface area contributed by atoms with Crippen molar-refractivity contribution in [1.29, 1.82) is 0 Å². The van der Waals surface area contributed by atoms with Gasteiger partial charge in [-0.3, -0.25) is 38.6 Å². The Morgan fingerprint density at radius 3 is 1.15 bits per heavy atom.